The molecule has 0 aromatic carbocycles. The van der Waals surface area contributed by atoms with Gasteiger partial charge in [0, 0.05) is 24.2 Å². The van der Waals surface area contributed by atoms with Gasteiger partial charge in [0.25, 0.3) is 0 Å². The van der Waals surface area contributed by atoms with Gasteiger partial charge in [-0.25, -0.2) is 0 Å². The first kappa shape index (κ1) is 11.3. The van der Waals surface area contributed by atoms with Crippen LogP contribution in [0.2, 0.25) is 0 Å². The van der Waals surface area contributed by atoms with Gasteiger partial charge in [-0.2, -0.15) is 0 Å². The molecule has 86 valence electrons. The van der Waals surface area contributed by atoms with Gasteiger partial charge in [-0.15, -0.1) is 21.8 Å². The minimum Gasteiger partial charge on any atom is -0.284 e. The lowest BCUT2D eigenvalue weighted by atomic mass is 10.1. The maximum absolute atomic E-state index is 6.23. The Morgan fingerprint density at radius 1 is 1.44 bits per heavy atom. The molecule has 16 heavy (non-hydrogen) atoms. The van der Waals surface area contributed by atoms with Crippen LogP contribution in [0.15, 0.2) is 12.4 Å². The van der Waals surface area contributed by atoms with Crippen LogP contribution in [0.3, 0.4) is 0 Å². The molecule has 2 heterocycles. The summed E-state index contributed by atoms with van der Waals surface area (Å²) in [4.78, 5) is 4.33. The second-order valence-electron chi connectivity index (χ2n) is 3.90. The van der Waals surface area contributed by atoms with Crippen molar-refractivity contribution in [2.45, 2.75) is 38.5 Å². The lowest BCUT2D eigenvalue weighted by Crippen LogP contribution is -2.06. The van der Waals surface area contributed by atoms with Gasteiger partial charge < -0.3 is 0 Å². The SMILES string of the molecule is CCCC(Cl)Cc1nccn2c(C)nnc12. The van der Waals surface area contributed by atoms with E-state index in [2.05, 4.69) is 22.1 Å². The molecule has 0 saturated heterocycles. The topological polar surface area (TPSA) is 43.1 Å². The summed E-state index contributed by atoms with van der Waals surface area (Å²) < 4.78 is 1.94. The van der Waals surface area contributed by atoms with Gasteiger partial charge in [0.05, 0.1) is 5.69 Å². The molecule has 0 amide bonds. The van der Waals surface area contributed by atoms with E-state index in [1.807, 2.05) is 17.5 Å². The van der Waals surface area contributed by atoms with Crippen molar-refractivity contribution >= 4 is 17.2 Å². The highest BCUT2D eigenvalue weighted by atomic mass is 35.5. The van der Waals surface area contributed by atoms with Crippen molar-refractivity contribution in [3.63, 3.8) is 0 Å². The summed E-state index contributed by atoms with van der Waals surface area (Å²) >= 11 is 6.23. The molecule has 1 atom stereocenters. The van der Waals surface area contributed by atoms with Crippen molar-refractivity contribution in [2.24, 2.45) is 0 Å². The van der Waals surface area contributed by atoms with Crippen LogP contribution in [-0.2, 0) is 6.42 Å². The Labute approximate surface area is 99.7 Å². The summed E-state index contributed by atoms with van der Waals surface area (Å²) in [5, 5.41) is 8.29. The smallest absolute Gasteiger partial charge is 0.182 e. The van der Waals surface area contributed by atoms with Crippen LogP contribution < -0.4 is 0 Å². The molecular formula is C11H15ClN4. The van der Waals surface area contributed by atoms with Crippen LogP contribution in [0.1, 0.15) is 31.3 Å². The first-order valence-electron chi connectivity index (χ1n) is 5.51. The predicted molar refractivity (Wildman–Crippen MR) is 63.8 cm³/mol. The first-order valence-corrected chi connectivity index (χ1v) is 5.95. The standard InChI is InChI=1S/C11H15ClN4/c1-3-4-9(12)7-10-11-15-14-8(2)16(11)6-5-13-10/h5-6,9H,3-4,7H2,1-2H3. The number of rotatable bonds is 4. The lowest BCUT2D eigenvalue weighted by Gasteiger charge is -2.07. The molecule has 0 spiro atoms. The van der Waals surface area contributed by atoms with Crippen molar-refractivity contribution < 1.29 is 0 Å². The summed E-state index contributed by atoms with van der Waals surface area (Å²) in [6, 6.07) is 0. The van der Waals surface area contributed by atoms with E-state index in [1.54, 1.807) is 6.20 Å². The Morgan fingerprint density at radius 3 is 3.00 bits per heavy atom. The second-order valence-corrected chi connectivity index (χ2v) is 4.52. The molecule has 0 fully saturated rings. The number of hydrogen-bond acceptors (Lipinski definition) is 3. The zero-order valence-electron chi connectivity index (χ0n) is 9.52. The molecule has 1 unspecified atom stereocenters. The molecule has 0 aliphatic heterocycles. The third kappa shape index (κ3) is 2.16. The quantitative estimate of drug-likeness (QED) is 0.769. The highest BCUT2D eigenvalue weighted by molar-refractivity contribution is 6.20. The molecule has 4 nitrogen and oxygen atoms in total. The van der Waals surface area contributed by atoms with Crippen LogP contribution in [0.4, 0.5) is 0 Å². The normalized spacial score (nSPS) is 13.2. The summed E-state index contributed by atoms with van der Waals surface area (Å²) in [6.45, 7) is 4.05. The zero-order valence-corrected chi connectivity index (χ0v) is 10.3. The fraction of sp³-hybridized carbons (Fsp3) is 0.545. The minimum atomic E-state index is 0.126. The van der Waals surface area contributed by atoms with Crippen molar-refractivity contribution in [1.82, 2.24) is 19.6 Å². The van der Waals surface area contributed by atoms with E-state index in [-0.39, 0.29) is 5.38 Å². The zero-order chi connectivity index (χ0) is 11.5. The molecule has 0 aliphatic rings. The maximum atomic E-state index is 6.23. The molecule has 0 aliphatic carbocycles. The van der Waals surface area contributed by atoms with Gasteiger partial charge in [0.2, 0.25) is 0 Å². The lowest BCUT2D eigenvalue weighted by molar-refractivity contribution is 0.715. The molecule has 2 aromatic heterocycles. The van der Waals surface area contributed by atoms with Gasteiger partial charge in [0.1, 0.15) is 5.82 Å². The van der Waals surface area contributed by atoms with Crippen molar-refractivity contribution in [3.8, 4) is 0 Å². The first-order chi connectivity index (χ1) is 7.72. The fourth-order valence-electron chi connectivity index (χ4n) is 1.76. The van der Waals surface area contributed by atoms with Gasteiger partial charge in [-0.05, 0) is 13.3 Å². The van der Waals surface area contributed by atoms with Gasteiger partial charge in [-0.3, -0.25) is 9.38 Å². The Hall–Kier alpha value is -1.16. The number of nitrogens with zero attached hydrogens (tertiary/aromatic N) is 4. The Kier molecular flexibility index (Phi) is 3.39. The van der Waals surface area contributed by atoms with Gasteiger partial charge in [-0.1, -0.05) is 13.3 Å². The summed E-state index contributed by atoms with van der Waals surface area (Å²) in [6.07, 6.45) is 6.48. The number of hydrogen-bond donors (Lipinski definition) is 0. The number of aryl methyl sites for hydroxylation is 1. The number of fused-ring (bicyclic) bond motifs is 1. The average molecular weight is 239 g/mol. The summed E-state index contributed by atoms with van der Waals surface area (Å²) in [7, 11) is 0. The largest absolute Gasteiger partial charge is 0.284 e. The number of aromatic nitrogens is 4. The molecule has 0 saturated carbocycles. The fourth-order valence-corrected chi connectivity index (χ4v) is 2.13. The monoisotopic (exact) mass is 238 g/mol. The van der Waals surface area contributed by atoms with E-state index in [0.717, 1.165) is 36.4 Å². The Morgan fingerprint density at radius 2 is 2.25 bits per heavy atom. The molecule has 0 bridgehead atoms. The third-order valence-corrected chi connectivity index (χ3v) is 2.96. The van der Waals surface area contributed by atoms with Crippen LogP contribution in [0, 0.1) is 6.92 Å². The highest BCUT2D eigenvalue weighted by Gasteiger charge is 2.12. The van der Waals surface area contributed by atoms with E-state index in [1.165, 1.54) is 0 Å². The van der Waals surface area contributed by atoms with Crippen LogP contribution in [-0.4, -0.2) is 25.0 Å². The van der Waals surface area contributed by atoms with E-state index < -0.39 is 0 Å². The Bertz CT molecular complexity index is 480. The van der Waals surface area contributed by atoms with Crippen LogP contribution in [0.25, 0.3) is 5.65 Å². The molecule has 2 rings (SSSR count). The van der Waals surface area contributed by atoms with Crippen molar-refractivity contribution in [2.75, 3.05) is 0 Å². The van der Waals surface area contributed by atoms with Gasteiger partial charge in [0.15, 0.2) is 5.65 Å². The molecular weight excluding hydrogens is 224 g/mol. The minimum absolute atomic E-state index is 0.126. The van der Waals surface area contributed by atoms with E-state index in [4.69, 9.17) is 11.6 Å². The van der Waals surface area contributed by atoms with E-state index >= 15 is 0 Å². The average Bonchev–Trinajstić information content (AvgIpc) is 2.62. The van der Waals surface area contributed by atoms with Crippen LogP contribution >= 0.6 is 11.6 Å². The van der Waals surface area contributed by atoms with E-state index in [9.17, 15) is 0 Å². The molecule has 0 radical (unpaired) electrons. The molecule has 2 aromatic rings. The number of alkyl halides is 1. The third-order valence-electron chi connectivity index (χ3n) is 2.59. The highest BCUT2D eigenvalue weighted by Crippen LogP contribution is 2.15. The second kappa shape index (κ2) is 4.78. The molecule has 0 N–H and O–H groups in total. The molecule has 5 heteroatoms. The van der Waals surface area contributed by atoms with E-state index in [0.29, 0.717) is 0 Å². The van der Waals surface area contributed by atoms with Crippen molar-refractivity contribution in [3.05, 3.63) is 23.9 Å². The maximum Gasteiger partial charge on any atom is 0.182 e. The number of halogens is 1. The van der Waals surface area contributed by atoms with Gasteiger partial charge >= 0.3 is 0 Å². The van der Waals surface area contributed by atoms with Crippen LogP contribution in [0.5, 0.6) is 0 Å². The Balaban J connectivity index is 2.30. The predicted octanol–water partition coefficient (Wildman–Crippen LogP) is 2.38. The summed E-state index contributed by atoms with van der Waals surface area (Å²) in [5.74, 6) is 0.875. The summed E-state index contributed by atoms with van der Waals surface area (Å²) in [5.41, 5.74) is 1.75. The van der Waals surface area contributed by atoms with Crippen molar-refractivity contribution in [1.29, 1.82) is 0 Å².